The molecule has 29 heavy (non-hydrogen) atoms. The molecular weight excluding hydrogens is 377 g/mol. The van der Waals surface area contributed by atoms with Crippen LogP contribution in [0.1, 0.15) is 61.3 Å². The van der Waals surface area contributed by atoms with Crippen molar-refractivity contribution in [1.29, 1.82) is 0 Å². The van der Waals surface area contributed by atoms with Crippen LogP contribution in [0, 0.1) is 6.92 Å². The number of amides is 1. The molecule has 2 heterocycles. The minimum absolute atomic E-state index is 0.237. The molecule has 1 aliphatic rings. The summed E-state index contributed by atoms with van der Waals surface area (Å²) in [4.78, 5) is 15.9. The Labute approximate surface area is 170 Å². The van der Waals surface area contributed by atoms with Crippen LogP contribution in [0.4, 0.5) is 8.78 Å². The lowest BCUT2D eigenvalue weighted by atomic mass is 9.78. The molecule has 8 heteroatoms. The predicted octanol–water partition coefficient (Wildman–Crippen LogP) is 3.56. The molecule has 0 saturated carbocycles. The molecule has 1 amide bonds. The van der Waals surface area contributed by atoms with Crippen molar-refractivity contribution in [3.05, 3.63) is 58.9 Å². The topological polar surface area (TPSA) is 60.5 Å². The number of carbonyl (C=O) groups excluding carboxylic acids is 1. The fraction of sp³-hybridized carbons (Fsp3) is 0.429. The number of carbonyl (C=O) groups is 1. The monoisotopic (exact) mass is 402 g/mol. The van der Waals surface area contributed by atoms with Gasteiger partial charge in [0.1, 0.15) is 5.69 Å². The molecule has 1 aromatic heterocycles. The van der Waals surface area contributed by atoms with E-state index in [1.165, 1.54) is 6.07 Å². The number of alkyl halides is 2. The molecule has 1 aliphatic heterocycles. The number of aromatic nitrogens is 1. The lowest BCUT2D eigenvalue weighted by molar-refractivity contribution is 0.00578. The number of hydrogen-bond acceptors (Lipinski definition) is 4. The van der Waals surface area contributed by atoms with Crippen molar-refractivity contribution in [3.8, 4) is 0 Å². The maximum atomic E-state index is 12.6. The molecule has 0 unspecified atom stereocenters. The zero-order chi connectivity index (χ0) is 21.4. The van der Waals surface area contributed by atoms with E-state index in [-0.39, 0.29) is 17.2 Å². The third kappa shape index (κ3) is 4.48. The lowest BCUT2D eigenvalue weighted by Gasteiger charge is -2.32. The van der Waals surface area contributed by atoms with E-state index in [2.05, 4.69) is 10.3 Å². The minimum Gasteiger partial charge on any atom is -0.399 e. The third-order valence-electron chi connectivity index (χ3n) is 5.60. The van der Waals surface area contributed by atoms with E-state index in [9.17, 15) is 13.6 Å². The molecular formula is C21H25BF2N2O3. The molecule has 3 rings (SSSR count). The van der Waals surface area contributed by atoms with E-state index in [1.54, 1.807) is 0 Å². The van der Waals surface area contributed by atoms with Gasteiger partial charge in [0.05, 0.1) is 16.8 Å². The van der Waals surface area contributed by atoms with Gasteiger partial charge in [0.15, 0.2) is 0 Å². The Kier molecular flexibility index (Phi) is 5.78. The number of rotatable bonds is 5. The van der Waals surface area contributed by atoms with E-state index in [1.807, 2.05) is 52.8 Å². The summed E-state index contributed by atoms with van der Waals surface area (Å²) in [5.74, 6) is -0.368. The first kappa shape index (κ1) is 21.4. The molecule has 1 saturated heterocycles. The van der Waals surface area contributed by atoms with Crippen LogP contribution in [0.3, 0.4) is 0 Å². The molecule has 1 aromatic carbocycles. The summed E-state index contributed by atoms with van der Waals surface area (Å²) in [6.45, 7) is 10.3. The summed E-state index contributed by atoms with van der Waals surface area (Å²) >= 11 is 0. The van der Waals surface area contributed by atoms with Crippen LogP contribution in [0.2, 0.25) is 0 Å². The van der Waals surface area contributed by atoms with Crippen molar-refractivity contribution in [2.24, 2.45) is 0 Å². The second-order valence-corrected chi connectivity index (χ2v) is 8.23. The van der Waals surface area contributed by atoms with Crippen molar-refractivity contribution in [1.82, 2.24) is 10.3 Å². The zero-order valence-corrected chi connectivity index (χ0v) is 17.3. The van der Waals surface area contributed by atoms with Gasteiger partial charge in [-0.05, 0) is 63.3 Å². The first-order valence-electron chi connectivity index (χ1n) is 9.47. The maximum Gasteiger partial charge on any atom is 0.494 e. The number of aryl methyl sites for hydroxylation is 1. The maximum absolute atomic E-state index is 12.6. The van der Waals surface area contributed by atoms with Crippen molar-refractivity contribution in [3.63, 3.8) is 0 Å². The standard InChI is InChI=1S/C21H25BF2N2O3/c1-13-10-16(22-28-20(2,3)21(4,5)29-22)8-6-14(13)11-26-19(27)15-7-9-17(18(23)24)25-12-15/h6-10,12,18H,11H2,1-5H3,(H,26,27). The number of nitrogens with zero attached hydrogens (tertiary/aromatic N) is 1. The Balaban J connectivity index is 1.65. The van der Waals surface area contributed by atoms with Gasteiger partial charge in [-0.1, -0.05) is 18.2 Å². The summed E-state index contributed by atoms with van der Waals surface area (Å²) in [5, 5.41) is 2.79. The number of nitrogens with one attached hydrogen (secondary N) is 1. The molecule has 0 aliphatic carbocycles. The van der Waals surface area contributed by atoms with E-state index in [0.29, 0.717) is 6.54 Å². The first-order valence-corrected chi connectivity index (χ1v) is 9.47. The minimum atomic E-state index is -2.66. The van der Waals surface area contributed by atoms with Gasteiger partial charge < -0.3 is 14.6 Å². The summed E-state index contributed by atoms with van der Waals surface area (Å²) in [7, 11) is -0.443. The van der Waals surface area contributed by atoms with E-state index < -0.39 is 24.7 Å². The zero-order valence-electron chi connectivity index (χ0n) is 17.3. The lowest BCUT2D eigenvalue weighted by Crippen LogP contribution is -2.41. The van der Waals surface area contributed by atoms with Crippen LogP contribution in [0.25, 0.3) is 0 Å². The first-order chi connectivity index (χ1) is 13.5. The Morgan fingerprint density at radius 2 is 1.79 bits per heavy atom. The quantitative estimate of drug-likeness (QED) is 0.778. The van der Waals surface area contributed by atoms with Crippen LogP contribution in [0.15, 0.2) is 36.5 Å². The molecule has 0 spiro atoms. The largest absolute Gasteiger partial charge is 0.494 e. The fourth-order valence-electron chi connectivity index (χ4n) is 2.99. The summed E-state index contributed by atoms with van der Waals surface area (Å²) in [6, 6.07) is 8.34. The van der Waals surface area contributed by atoms with Crippen LogP contribution >= 0.6 is 0 Å². The highest BCUT2D eigenvalue weighted by atomic mass is 19.3. The predicted molar refractivity (Wildman–Crippen MR) is 107 cm³/mol. The van der Waals surface area contributed by atoms with Crippen molar-refractivity contribution >= 4 is 18.5 Å². The summed E-state index contributed by atoms with van der Waals surface area (Å²) < 4.78 is 37.3. The van der Waals surface area contributed by atoms with Gasteiger partial charge in [-0.15, -0.1) is 0 Å². The molecule has 0 bridgehead atoms. The molecule has 5 nitrogen and oxygen atoms in total. The smallest absolute Gasteiger partial charge is 0.399 e. The van der Waals surface area contributed by atoms with Crippen LogP contribution < -0.4 is 10.8 Å². The Morgan fingerprint density at radius 3 is 2.31 bits per heavy atom. The van der Waals surface area contributed by atoms with Gasteiger partial charge >= 0.3 is 7.12 Å². The number of hydrogen-bond donors (Lipinski definition) is 1. The Hall–Kier alpha value is -2.32. The highest BCUT2D eigenvalue weighted by Gasteiger charge is 2.51. The van der Waals surface area contributed by atoms with Crippen molar-refractivity contribution < 1.29 is 22.9 Å². The van der Waals surface area contributed by atoms with Crippen LogP contribution in [0.5, 0.6) is 0 Å². The van der Waals surface area contributed by atoms with Gasteiger partial charge in [-0.3, -0.25) is 9.78 Å². The number of benzene rings is 1. The molecule has 1 fully saturated rings. The highest BCUT2D eigenvalue weighted by Crippen LogP contribution is 2.36. The molecule has 2 aromatic rings. The molecule has 154 valence electrons. The van der Waals surface area contributed by atoms with Crippen LogP contribution in [-0.4, -0.2) is 29.2 Å². The highest BCUT2D eigenvalue weighted by molar-refractivity contribution is 6.62. The van der Waals surface area contributed by atoms with Crippen molar-refractivity contribution in [2.75, 3.05) is 0 Å². The summed E-state index contributed by atoms with van der Waals surface area (Å²) in [6.07, 6.45) is -1.50. The molecule has 0 atom stereocenters. The van der Waals surface area contributed by atoms with Crippen molar-refractivity contribution in [2.45, 2.75) is 58.8 Å². The average Bonchev–Trinajstić information content (AvgIpc) is 2.88. The number of halogens is 2. The normalized spacial score (nSPS) is 17.6. The fourth-order valence-corrected chi connectivity index (χ4v) is 2.99. The van der Waals surface area contributed by atoms with Crippen LogP contribution in [-0.2, 0) is 15.9 Å². The van der Waals surface area contributed by atoms with Gasteiger partial charge in [0, 0.05) is 12.7 Å². The average molecular weight is 402 g/mol. The van der Waals surface area contributed by atoms with E-state index in [4.69, 9.17) is 9.31 Å². The Bertz CT molecular complexity index is 885. The SMILES string of the molecule is Cc1cc(B2OC(C)(C)C(C)(C)O2)ccc1CNC(=O)c1ccc(C(F)F)nc1. The second kappa shape index (κ2) is 7.84. The van der Waals surface area contributed by atoms with Gasteiger partial charge in [-0.2, -0.15) is 0 Å². The van der Waals surface area contributed by atoms with Gasteiger partial charge in [0.25, 0.3) is 12.3 Å². The number of pyridine rings is 1. The summed E-state index contributed by atoms with van der Waals surface area (Å²) in [5.41, 5.74) is 1.91. The van der Waals surface area contributed by atoms with Gasteiger partial charge in [-0.25, -0.2) is 8.78 Å². The molecule has 0 radical (unpaired) electrons. The Morgan fingerprint density at radius 1 is 1.14 bits per heavy atom. The molecule has 1 N–H and O–H groups in total. The third-order valence-corrected chi connectivity index (χ3v) is 5.60. The second-order valence-electron chi connectivity index (χ2n) is 8.23. The van der Waals surface area contributed by atoms with E-state index >= 15 is 0 Å². The van der Waals surface area contributed by atoms with E-state index in [0.717, 1.165) is 28.9 Å². The van der Waals surface area contributed by atoms with Gasteiger partial charge in [0.2, 0.25) is 0 Å².